The van der Waals surface area contributed by atoms with Gasteiger partial charge >= 0.3 is 0 Å². The number of para-hydroxylation sites is 1. The van der Waals surface area contributed by atoms with E-state index in [0.29, 0.717) is 0 Å². The molecule has 12 heavy (non-hydrogen) atoms. The molecule has 1 aliphatic heterocycles. The Hall–Kier alpha value is -1.24. The number of rotatable bonds is 0. The second-order valence-electron chi connectivity index (χ2n) is 3.65. The van der Waals surface area contributed by atoms with E-state index in [1.807, 2.05) is 18.2 Å². The van der Waals surface area contributed by atoms with E-state index in [4.69, 9.17) is 4.74 Å². The second kappa shape index (κ2) is 2.13. The first-order chi connectivity index (χ1) is 5.62. The standard InChI is InChI=1S/C11H12O/c1-8-11(2,3)9-6-4-5-7-10(9)12-8/h4-7H,1H2,2-3H3. The highest BCUT2D eigenvalue weighted by Crippen LogP contribution is 2.43. The van der Waals surface area contributed by atoms with E-state index in [-0.39, 0.29) is 5.41 Å². The Morgan fingerprint density at radius 3 is 2.58 bits per heavy atom. The van der Waals surface area contributed by atoms with Crippen molar-refractivity contribution in [1.82, 2.24) is 0 Å². The number of hydrogen-bond donors (Lipinski definition) is 0. The molecule has 1 aromatic rings. The summed E-state index contributed by atoms with van der Waals surface area (Å²) in [4.78, 5) is 0. The van der Waals surface area contributed by atoms with Crippen molar-refractivity contribution in [3.8, 4) is 5.75 Å². The van der Waals surface area contributed by atoms with Crippen LogP contribution in [0.5, 0.6) is 5.75 Å². The van der Waals surface area contributed by atoms with Gasteiger partial charge in [-0.25, -0.2) is 0 Å². The molecule has 0 N–H and O–H groups in total. The fourth-order valence-corrected chi connectivity index (χ4v) is 1.48. The van der Waals surface area contributed by atoms with Gasteiger partial charge in [0.05, 0.1) is 5.41 Å². The maximum Gasteiger partial charge on any atom is 0.131 e. The quantitative estimate of drug-likeness (QED) is 0.567. The molecule has 1 aromatic carbocycles. The summed E-state index contributed by atoms with van der Waals surface area (Å²) in [7, 11) is 0. The highest BCUT2D eigenvalue weighted by molar-refractivity contribution is 5.48. The SMILES string of the molecule is C=C1Oc2ccccc2C1(C)C. The molecule has 0 saturated carbocycles. The zero-order valence-electron chi connectivity index (χ0n) is 7.42. The largest absolute Gasteiger partial charge is 0.461 e. The van der Waals surface area contributed by atoms with E-state index in [0.717, 1.165) is 11.5 Å². The Balaban J connectivity index is 2.63. The Kier molecular flexibility index (Phi) is 1.31. The van der Waals surface area contributed by atoms with Gasteiger partial charge in [0.15, 0.2) is 0 Å². The lowest BCUT2D eigenvalue weighted by atomic mass is 9.85. The van der Waals surface area contributed by atoms with Crippen LogP contribution in [0.4, 0.5) is 0 Å². The summed E-state index contributed by atoms with van der Waals surface area (Å²) < 4.78 is 5.53. The van der Waals surface area contributed by atoms with Gasteiger partial charge in [-0.05, 0) is 19.9 Å². The van der Waals surface area contributed by atoms with E-state index in [2.05, 4.69) is 26.5 Å². The first kappa shape index (κ1) is 7.41. The Labute approximate surface area is 72.7 Å². The maximum atomic E-state index is 5.53. The van der Waals surface area contributed by atoms with Crippen LogP contribution in [0.3, 0.4) is 0 Å². The lowest BCUT2D eigenvalue weighted by Gasteiger charge is -2.16. The molecular formula is C11H12O. The monoisotopic (exact) mass is 160 g/mol. The molecule has 0 spiro atoms. The van der Waals surface area contributed by atoms with Crippen molar-refractivity contribution >= 4 is 0 Å². The van der Waals surface area contributed by atoms with Gasteiger partial charge in [0.2, 0.25) is 0 Å². The van der Waals surface area contributed by atoms with Crippen molar-refractivity contribution in [3.63, 3.8) is 0 Å². The van der Waals surface area contributed by atoms with Crippen LogP contribution >= 0.6 is 0 Å². The van der Waals surface area contributed by atoms with Gasteiger partial charge in [-0.2, -0.15) is 0 Å². The van der Waals surface area contributed by atoms with Crippen LogP contribution in [0.2, 0.25) is 0 Å². The summed E-state index contributed by atoms with van der Waals surface area (Å²) in [6, 6.07) is 8.08. The number of hydrogen-bond acceptors (Lipinski definition) is 1. The van der Waals surface area contributed by atoms with Crippen LogP contribution in [0.1, 0.15) is 19.4 Å². The van der Waals surface area contributed by atoms with Crippen LogP contribution in [-0.2, 0) is 5.41 Å². The molecule has 2 rings (SSSR count). The molecule has 1 nitrogen and oxygen atoms in total. The third kappa shape index (κ3) is 0.795. The van der Waals surface area contributed by atoms with Gasteiger partial charge in [0.1, 0.15) is 11.5 Å². The average molecular weight is 160 g/mol. The minimum atomic E-state index is -0.0312. The van der Waals surface area contributed by atoms with Crippen LogP contribution < -0.4 is 4.74 Å². The van der Waals surface area contributed by atoms with E-state index < -0.39 is 0 Å². The Bertz CT molecular complexity index is 337. The predicted octanol–water partition coefficient (Wildman–Crippen LogP) is 2.87. The van der Waals surface area contributed by atoms with Gasteiger partial charge in [-0.1, -0.05) is 24.8 Å². The molecule has 0 atom stereocenters. The minimum absolute atomic E-state index is 0.0312. The first-order valence-corrected chi connectivity index (χ1v) is 4.09. The van der Waals surface area contributed by atoms with Crippen molar-refractivity contribution in [2.45, 2.75) is 19.3 Å². The fraction of sp³-hybridized carbons (Fsp3) is 0.273. The van der Waals surface area contributed by atoms with Crippen molar-refractivity contribution < 1.29 is 4.74 Å². The zero-order chi connectivity index (χ0) is 8.77. The summed E-state index contributed by atoms with van der Waals surface area (Å²) >= 11 is 0. The molecular weight excluding hydrogens is 148 g/mol. The fourth-order valence-electron chi connectivity index (χ4n) is 1.48. The number of ether oxygens (including phenoxy) is 1. The van der Waals surface area contributed by atoms with E-state index >= 15 is 0 Å². The van der Waals surface area contributed by atoms with Crippen molar-refractivity contribution in [2.75, 3.05) is 0 Å². The second-order valence-corrected chi connectivity index (χ2v) is 3.65. The number of fused-ring (bicyclic) bond motifs is 1. The molecule has 0 aromatic heterocycles. The zero-order valence-corrected chi connectivity index (χ0v) is 7.42. The van der Waals surface area contributed by atoms with Gasteiger partial charge in [0.25, 0.3) is 0 Å². The van der Waals surface area contributed by atoms with Crippen molar-refractivity contribution in [3.05, 3.63) is 42.2 Å². The highest BCUT2D eigenvalue weighted by Gasteiger charge is 2.35. The molecule has 0 aliphatic carbocycles. The van der Waals surface area contributed by atoms with Crippen molar-refractivity contribution in [2.24, 2.45) is 0 Å². The van der Waals surface area contributed by atoms with E-state index in [1.54, 1.807) is 0 Å². The van der Waals surface area contributed by atoms with Crippen LogP contribution in [0.25, 0.3) is 0 Å². The van der Waals surface area contributed by atoms with E-state index in [1.165, 1.54) is 5.56 Å². The molecule has 0 amide bonds. The van der Waals surface area contributed by atoms with Crippen molar-refractivity contribution in [1.29, 1.82) is 0 Å². The summed E-state index contributed by atoms with van der Waals surface area (Å²) in [6.07, 6.45) is 0. The molecule has 0 fully saturated rings. The Morgan fingerprint density at radius 1 is 1.25 bits per heavy atom. The molecule has 1 heterocycles. The first-order valence-electron chi connectivity index (χ1n) is 4.09. The molecule has 0 saturated heterocycles. The third-order valence-electron chi connectivity index (χ3n) is 2.49. The lowest BCUT2D eigenvalue weighted by molar-refractivity contribution is 0.396. The average Bonchev–Trinajstić information content (AvgIpc) is 2.25. The highest BCUT2D eigenvalue weighted by atomic mass is 16.5. The summed E-state index contributed by atoms with van der Waals surface area (Å²) in [5.74, 6) is 1.79. The van der Waals surface area contributed by atoms with Crippen LogP contribution in [0, 0.1) is 0 Å². The van der Waals surface area contributed by atoms with Gasteiger partial charge in [-0.15, -0.1) is 0 Å². The summed E-state index contributed by atoms with van der Waals surface area (Å²) in [5.41, 5.74) is 1.20. The minimum Gasteiger partial charge on any atom is -0.461 e. The number of allylic oxidation sites excluding steroid dienone is 1. The molecule has 0 bridgehead atoms. The van der Waals surface area contributed by atoms with Crippen LogP contribution in [-0.4, -0.2) is 0 Å². The maximum absolute atomic E-state index is 5.53. The molecule has 0 radical (unpaired) electrons. The van der Waals surface area contributed by atoms with E-state index in [9.17, 15) is 0 Å². The summed E-state index contributed by atoms with van der Waals surface area (Å²) in [6.45, 7) is 8.15. The van der Waals surface area contributed by atoms with Crippen LogP contribution in [0.15, 0.2) is 36.6 Å². The Morgan fingerprint density at radius 2 is 1.92 bits per heavy atom. The molecule has 0 unspecified atom stereocenters. The molecule has 62 valence electrons. The predicted molar refractivity (Wildman–Crippen MR) is 49.2 cm³/mol. The molecule has 1 heteroatoms. The number of benzene rings is 1. The summed E-state index contributed by atoms with van der Waals surface area (Å²) in [5, 5.41) is 0. The smallest absolute Gasteiger partial charge is 0.131 e. The lowest BCUT2D eigenvalue weighted by Crippen LogP contribution is -2.15. The molecule has 1 aliphatic rings. The van der Waals surface area contributed by atoms with Gasteiger partial charge in [0, 0.05) is 5.56 Å². The normalized spacial score (nSPS) is 18.7. The third-order valence-corrected chi connectivity index (χ3v) is 2.49. The van der Waals surface area contributed by atoms with Gasteiger partial charge < -0.3 is 4.74 Å². The van der Waals surface area contributed by atoms with Gasteiger partial charge in [-0.3, -0.25) is 0 Å². The topological polar surface area (TPSA) is 9.23 Å².